The third-order valence-electron chi connectivity index (χ3n) is 4.15. The number of hydrogen-bond donors (Lipinski definition) is 3. The number of carbonyl (C=O) groups excluding carboxylic acids is 2. The third kappa shape index (κ3) is 6.24. The summed E-state index contributed by atoms with van der Waals surface area (Å²) < 4.78 is 0. The van der Waals surface area contributed by atoms with Crippen molar-refractivity contribution in [1.29, 1.82) is 0 Å². The number of primary amides is 1. The van der Waals surface area contributed by atoms with Crippen molar-refractivity contribution in [3.8, 4) is 0 Å². The van der Waals surface area contributed by atoms with Crippen molar-refractivity contribution >= 4 is 11.9 Å². The van der Waals surface area contributed by atoms with Crippen molar-refractivity contribution in [3.05, 3.63) is 71.8 Å². The molecule has 26 heavy (non-hydrogen) atoms. The minimum atomic E-state index is -0.645. The molecule has 0 unspecified atom stereocenters. The zero-order valence-electron chi connectivity index (χ0n) is 15.3. The maximum absolute atomic E-state index is 12.7. The Morgan fingerprint density at radius 3 is 1.81 bits per heavy atom. The molecule has 0 radical (unpaired) electrons. The molecule has 2 aromatic rings. The Bertz CT molecular complexity index is 702. The first-order valence-electron chi connectivity index (χ1n) is 8.91. The van der Waals surface area contributed by atoms with Crippen LogP contribution in [0.4, 0.5) is 4.79 Å². The van der Waals surface area contributed by atoms with Gasteiger partial charge in [-0.25, -0.2) is 4.79 Å². The van der Waals surface area contributed by atoms with Gasteiger partial charge in [0.15, 0.2) is 0 Å². The zero-order chi connectivity index (χ0) is 18.9. The molecule has 0 aliphatic rings. The lowest BCUT2D eigenvalue weighted by molar-refractivity contribution is -0.122. The van der Waals surface area contributed by atoms with E-state index in [0.29, 0.717) is 5.92 Å². The third-order valence-corrected chi connectivity index (χ3v) is 4.15. The highest BCUT2D eigenvalue weighted by Crippen LogP contribution is 2.22. The molecular formula is C21H27N3O2. The fourth-order valence-corrected chi connectivity index (χ4v) is 2.98. The van der Waals surface area contributed by atoms with E-state index in [-0.39, 0.29) is 18.4 Å². The normalized spacial score (nSPS) is 13.0. The summed E-state index contributed by atoms with van der Waals surface area (Å²) in [6, 6.07) is 18.1. The SMILES string of the molecule is CC(C)C[C@@H](NC(=O)C[C@H](NC(N)=O)c1ccccc1)c1ccccc1. The van der Waals surface area contributed by atoms with Gasteiger partial charge in [0.05, 0.1) is 18.5 Å². The molecule has 0 saturated carbocycles. The number of hydrogen-bond acceptors (Lipinski definition) is 2. The highest BCUT2D eigenvalue weighted by molar-refractivity contribution is 5.79. The van der Waals surface area contributed by atoms with E-state index in [9.17, 15) is 9.59 Å². The van der Waals surface area contributed by atoms with Crippen LogP contribution in [0, 0.1) is 5.92 Å². The standard InChI is InChI=1S/C21H27N3O2/c1-15(2)13-18(16-9-5-3-6-10-16)23-20(25)14-19(24-21(22)26)17-11-7-4-8-12-17/h3-12,15,18-19H,13-14H2,1-2H3,(H,23,25)(H3,22,24,26)/t18-,19+/m1/s1. The topological polar surface area (TPSA) is 84.2 Å². The summed E-state index contributed by atoms with van der Waals surface area (Å²) in [4.78, 5) is 24.0. The Hall–Kier alpha value is -2.82. The molecule has 0 heterocycles. The maximum atomic E-state index is 12.7. The summed E-state index contributed by atoms with van der Waals surface area (Å²) in [6.07, 6.45) is 0.976. The Balaban J connectivity index is 2.10. The molecule has 5 heteroatoms. The van der Waals surface area contributed by atoms with Gasteiger partial charge in [-0.3, -0.25) is 4.79 Å². The molecule has 0 aromatic heterocycles. The molecule has 0 aliphatic carbocycles. The van der Waals surface area contributed by atoms with Crippen LogP contribution in [0.1, 0.15) is 49.9 Å². The van der Waals surface area contributed by atoms with Gasteiger partial charge in [0.25, 0.3) is 0 Å². The lowest BCUT2D eigenvalue weighted by atomic mass is 9.96. The maximum Gasteiger partial charge on any atom is 0.312 e. The summed E-state index contributed by atoms with van der Waals surface area (Å²) in [6.45, 7) is 4.26. The van der Waals surface area contributed by atoms with Gasteiger partial charge < -0.3 is 16.4 Å². The van der Waals surface area contributed by atoms with E-state index in [1.165, 1.54) is 0 Å². The smallest absolute Gasteiger partial charge is 0.312 e. The molecule has 0 spiro atoms. The average Bonchev–Trinajstić information content (AvgIpc) is 2.61. The Labute approximate surface area is 155 Å². The number of nitrogens with one attached hydrogen (secondary N) is 2. The molecule has 0 saturated heterocycles. The molecule has 2 aromatic carbocycles. The second-order valence-corrected chi connectivity index (χ2v) is 6.84. The van der Waals surface area contributed by atoms with E-state index in [0.717, 1.165) is 17.5 Å². The summed E-state index contributed by atoms with van der Waals surface area (Å²) in [5.41, 5.74) is 7.21. The lowest BCUT2D eigenvalue weighted by Gasteiger charge is -2.23. The first-order chi connectivity index (χ1) is 12.5. The largest absolute Gasteiger partial charge is 0.352 e. The summed E-state index contributed by atoms with van der Waals surface area (Å²) in [5, 5.41) is 5.77. The molecule has 138 valence electrons. The van der Waals surface area contributed by atoms with Gasteiger partial charge in [-0.2, -0.15) is 0 Å². The van der Waals surface area contributed by atoms with Gasteiger partial charge in [-0.15, -0.1) is 0 Å². The number of benzene rings is 2. The number of amides is 3. The summed E-state index contributed by atoms with van der Waals surface area (Å²) >= 11 is 0. The molecule has 0 aliphatic heterocycles. The lowest BCUT2D eigenvalue weighted by Crippen LogP contribution is -2.37. The van der Waals surface area contributed by atoms with Crippen molar-refractivity contribution < 1.29 is 9.59 Å². The predicted octanol–water partition coefficient (Wildman–Crippen LogP) is 3.69. The highest BCUT2D eigenvalue weighted by Gasteiger charge is 2.21. The molecule has 5 nitrogen and oxygen atoms in total. The van der Waals surface area contributed by atoms with Crippen molar-refractivity contribution in [2.24, 2.45) is 11.7 Å². The number of rotatable bonds is 8. The molecule has 4 N–H and O–H groups in total. The van der Waals surface area contributed by atoms with Crippen LogP contribution in [-0.2, 0) is 4.79 Å². The molecule has 0 fully saturated rings. The van der Waals surface area contributed by atoms with E-state index < -0.39 is 12.1 Å². The van der Waals surface area contributed by atoms with Crippen LogP contribution in [0.15, 0.2) is 60.7 Å². The van der Waals surface area contributed by atoms with E-state index in [4.69, 9.17) is 5.73 Å². The minimum Gasteiger partial charge on any atom is -0.352 e. The monoisotopic (exact) mass is 353 g/mol. The van der Waals surface area contributed by atoms with Crippen molar-refractivity contribution in [2.75, 3.05) is 0 Å². The van der Waals surface area contributed by atoms with E-state index in [1.54, 1.807) is 0 Å². The van der Waals surface area contributed by atoms with E-state index in [1.807, 2.05) is 60.7 Å². The number of urea groups is 1. The summed E-state index contributed by atoms with van der Waals surface area (Å²) in [7, 11) is 0. The van der Waals surface area contributed by atoms with Crippen LogP contribution < -0.4 is 16.4 Å². The molecule has 0 bridgehead atoms. The van der Waals surface area contributed by atoms with Gasteiger partial charge >= 0.3 is 6.03 Å². The first kappa shape index (κ1) is 19.5. The highest BCUT2D eigenvalue weighted by atomic mass is 16.2. The van der Waals surface area contributed by atoms with Crippen LogP contribution in [-0.4, -0.2) is 11.9 Å². The molecule has 2 atom stereocenters. The Morgan fingerprint density at radius 2 is 1.35 bits per heavy atom. The Kier molecular flexibility index (Phi) is 7.21. The fourth-order valence-electron chi connectivity index (χ4n) is 2.98. The average molecular weight is 353 g/mol. The number of carbonyl (C=O) groups is 2. The van der Waals surface area contributed by atoms with Gasteiger partial charge in [0.1, 0.15) is 0 Å². The number of nitrogens with two attached hydrogens (primary N) is 1. The van der Waals surface area contributed by atoms with Gasteiger partial charge in [0, 0.05) is 0 Å². The zero-order valence-corrected chi connectivity index (χ0v) is 15.3. The Morgan fingerprint density at radius 1 is 0.846 bits per heavy atom. The van der Waals surface area contributed by atoms with Crippen LogP contribution >= 0.6 is 0 Å². The summed E-state index contributed by atoms with van der Waals surface area (Å²) in [5.74, 6) is 0.316. The molecule has 3 amide bonds. The minimum absolute atomic E-state index is 0.0614. The predicted molar refractivity (Wildman–Crippen MR) is 103 cm³/mol. The van der Waals surface area contributed by atoms with Crippen LogP contribution in [0.25, 0.3) is 0 Å². The second-order valence-electron chi connectivity index (χ2n) is 6.84. The first-order valence-corrected chi connectivity index (χ1v) is 8.91. The van der Waals surface area contributed by atoms with E-state index >= 15 is 0 Å². The van der Waals surface area contributed by atoms with Gasteiger partial charge in [0.2, 0.25) is 5.91 Å². The second kappa shape index (κ2) is 9.61. The molecular weight excluding hydrogens is 326 g/mol. The van der Waals surface area contributed by atoms with Crippen molar-refractivity contribution in [1.82, 2.24) is 10.6 Å². The van der Waals surface area contributed by atoms with Crippen LogP contribution in [0.3, 0.4) is 0 Å². The van der Waals surface area contributed by atoms with Crippen LogP contribution in [0.2, 0.25) is 0 Å². The van der Waals surface area contributed by atoms with Crippen molar-refractivity contribution in [2.45, 2.75) is 38.8 Å². The van der Waals surface area contributed by atoms with Gasteiger partial charge in [-0.1, -0.05) is 74.5 Å². The van der Waals surface area contributed by atoms with Crippen molar-refractivity contribution in [3.63, 3.8) is 0 Å². The van der Waals surface area contributed by atoms with E-state index in [2.05, 4.69) is 24.5 Å². The van der Waals surface area contributed by atoms with Crippen LogP contribution in [0.5, 0.6) is 0 Å². The molecule has 2 rings (SSSR count). The fraction of sp³-hybridized carbons (Fsp3) is 0.333. The van der Waals surface area contributed by atoms with Gasteiger partial charge in [-0.05, 0) is 23.5 Å². The quantitative estimate of drug-likeness (QED) is 0.676.